The topological polar surface area (TPSA) is 43.1 Å². The quantitative estimate of drug-likeness (QED) is 0.617. The zero-order valence-electron chi connectivity index (χ0n) is 6.87. The molecule has 0 radical (unpaired) electrons. The summed E-state index contributed by atoms with van der Waals surface area (Å²) in [6.45, 7) is 1.68. The van der Waals surface area contributed by atoms with Gasteiger partial charge in [0, 0.05) is 11.5 Å². The summed E-state index contributed by atoms with van der Waals surface area (Å²) in [5, 5.41) is 0.654. The second-order valence-electron chi connectivity index (χ2n) is 2.71. The van der Waals surface area contributed by atoms with Crippen LogP contribution in [0.5, 0.6) is 0 Å². The first kappa shape index (κ1) is 7.91. The van der Waals surface area contributed by atoms with Gasteiger partial charge in [-0.15, -0.1) is 0 Å². The van der Waals surface area contributed by atoms with Crippen LogP contribution in [0.3, 0.4) is 0 Å². The maximum absolute atomic E-state index is 12.7. The number of nitrogens with zero attached hydrogens (tertiary/aromatic N) is 1. The van der Waals surface area contributed by atoms with E-state index in [9.17, 15) is 9.18 Å². The minimum absolute atomic E-state index is 0.234. The molecule has 0 fully saturated rings. The second kappa shape index (κ2) is 2.65. The van der Waals surface area contributed by atoms with Gasteiger partial charge < -0.3 is 4.42 Å². The highest BCUT2D eigenvalue weighted by Crippen LogP contribution is 2.15. The largest absolute Gasteiger partial charge is 0.439 e. The van der Waals surface area contributed by atoms with Crippen LogP contribution in [0.1, 0.15) is 5.69 Å². The molecule has 66 valence electrons. The first-order valence-corrected chi connectivity index (χ1v) is 3.74. The molecule has 1 aromatic carbocycles. The van der Waals surface area contributed by atoms with Crippen molar-refractivity contribution in [2.24, 2.45) is 0 Å². The van der Waals surface area contributed by atoms with E-state index >= 15 is 0 Å². The van der Waals surface area contributed by atoms with Crippen molar-refractivity contribution in [3.05, 3.63) is 40.3 Å². The van der Waals surface area contributed by atoms with Crippen LogP contribution in [0.25, 0.3) is 11.0 Å². The monoisotopic (exact) mass is 179 g/mol. The first-order chi connectivity index (χ1) is 6.16. The lowest BCUT2D eigenvalue weighted by Gasteiger charge is -1.97. The van der Waals surface area contributed by atoms with E-state index in [2.05, 4.69) is 4.98 Å². The molecule has 2 aromatic rings. The molecule has 0 saturated carbocycles. The predicted octanol–water partition coefficient (Wildman–Crippen LogP) is 1.64. The number of rotatable bonds is 0. The van der Waals surface area contributed by atoms with E-state index in [-0.39, 0.29) is 5.58 Å². The molecular formula is C9H6FNO2. The van der Waals surface area contributed by atoms with Gasteiger partial charge in [-0.05, 0) is 19.1 Å². The third-order valence-corrected chi connectivity index (χ3v) is 1.79. The molecule has 0 aliphatic heterocycles. The molecule has 0 spiro atoms. The molecule has 0 aliphatic carbocycles. The maximum atomic E-state index is 12.7. The Morgan fingerprint density at radius 3 is 3.00 bits per heavy atom. The normalized spacial score (nSPS) is 10.6. The zero-order chi connectivity index (χ0) is 9.42. The average molecular weight is 179 g/mol. The van der Waals surface area contributed by atoms with Gasteiger partial charge in [-0.2, -0.15) is 4.98 Å². The smallest absolute Gasteiger partial charge is 0.408 e. The van der Waals surface area contributed by atoms with Crippen molar-refractivity contribution in [1.82, 2.24) is 4.98 Å². The van der Waals surface area contributed by atoms with Crippen molar-refractivity contribution < 1.29 is 8.81 Å². The fourth-order valence-electron chi connectivity index (χ4n) is 1.19. The Morgan fingerprint density at radius 2 is 2.23 bits per heavy atom. The summed E-state index contributed by atoms with van der Waals surface area (Å²) < 4.78 is 17.4. The Hall–Kier alpha value is -1.71. The van der Waals surface area contributed by atoms with Crippen LogP contribution in [0.2, 0.25) is 0 Å². The Morgan fingerprint density at radius 1 is 1.46 bits per heavy atom. The highest BCUT2D eigenvalue weighted by Gasteiger charge is 2.03. The standard InChI is InChI=1S/C9H6FNO2/c1-5-7-3-2-6(10)4-8(7)13-9(12)11-5/h2-4H,1H3. The fraction of sp³-hybridized carbons (Fsp3) is 0.111. The highest BCUT2D eigenvalue weighted by atomic mass is 19.1. The summed E-state index contributed by atoms with van der Waals surface area (Å²) >= 11 is 0. The number of benzene rings is 1. The molecule has 0 aliphatic rings. The second-order valence-corrected chi connectivity index (χ2v) is 2.71. The Labute approximate surface area is 72.8 Å². The molecule has 1 aromatic heterocycles. The van der Waals surface area contributed by atoms with Crippen LogP contribution < -0.4 is 5.76 Å². The van der Waals surface area contributed by atoms with Gasteiger partial charge in [-0.3, -0.25) is 0 Å². The van der Waals surface area contributed by atoms with Crippen molar-refractivity contribution in [3.63, 3.8) is 0 Å². The predicted molar refractivity (Wildman–Crippen MR) is 45.0 cm³/mol. The van der Waals surface area contributed by atoms with Crippen LogP contribution in [-0.2, 0) is 0 Å². The lowest BCUT2D eigenvalue weighted by Crippen LogP contribution is -2.05. The number of aryl methyl sites for hydroxylation is 1. The van der Waals surface area contributed by atoms with Crippen molar-refractivity contribution >= 4 is 11.0 Å². The van der Waals surface area contributed by atoms with Gasteiger partial charge in [-0.25, -0.2) is 9.18 Å². The van der Waals surface area contributed by atoms with Crippen LogP contribution in [0, 0.1) is 12.7 Å². The lowest BCUT2D eigenvalue weighted by atomic mass is 10.2. The zero-order valence-corrected chi connectivity index (χ0v) is 6.87. The SMILES string of the molecule is Cc1nc(=O)oc2cc(F)ccc12. The summed E-state index contributed by atoms with van der Waals surface area (Å²) in [5.41, 5.74) is 0.781. The van der Waals surface area contributed by atoms with Gasteiger partial charge in [0.05, 0.1) is 5.69 Å². The van der Waals surface area contributed by atoms with Crippen LogP contribution >= 0.6 is 0 Å². The molecular weight excluding hydrogens is 173 g/mol. The average Bonchev–Trinajstić information content (AvgIpc) is 2.02. The minimum Gasteiger partial charge on any atom is -0.408 e. The molecule has 0 unspecified atom stereocenters. The van der Waals surface area contributed by atoms with E-state index in [1.807, 2.05) is 0 Å². The molecule has 0 amide bonds. The van der Waals surface area contributed by atoms with Crippen molar-refractivity contribution in [2.45, 2.75) is 6.92 Å². The van der Waals surface area contributed by atoms with Crippen LogP contribution in [0.4, 0.5) is 4.39 Å². The Bertz CT molecular complexity index is 518. The van der Waals surface area contributed by atoms with E-state index in [4.69, 9.17) is 4.42 Å². The van der Waals surface area contributed by atoms with Gasteiger partial charge >= 0.3 is 5.76 Å². The lowest BCUT2D eigenvalue weighted by molar-refractivity contribution is 0.524. The van der Waals surface area contributed by atoms with E-state index in [1.54, 1.807) is 6.92 Å². The molecule has 13 heavy (non-hydrogen) atoms. The van der Waals surface area contributed by atoms with Crippen LogP contribution in [-0.4, -0.2) is 4.98 Å². The van der Waals surface area contributed by atoms with Crippen molar-refractivity contribution in [3.8, 4) is 0 Å². The molecule has 4 heteroatoms. The number of halogens is 1. The van der Waals surface area contributed by atoms with Crippen molar-refractivity contribution in [2.75, 3.05) is 0 Å². The number of hydrogen-bond donors (Lipinski definition) is 0. The van der Waals surface area contributed by atoms with Gasteiger partial charge in [0.2, 0.25) is 0 Å². The number of hydrogen-bond acceptors (Lipinski definition) is 3. The van der Waals surface area contributed by atoms with Crippen LogP contribution in [0.15, 0.2) is 27.4 Å². The number of fused-ring (bicyclic) bond motifs is 1. The third kappa shape index (κ3) is 1.30. The molecule has 1 heterocycles. The first-order valence-electron chi connectivity index (χ1n) is 3.74. The summed E-state index contributed by atoms with van der Waals surface area (Å²) in [4.78, 5) is 14.4. The highest BCUT2D eigenvalue weighted by molar-refractivity contribution is 5.78. The Kier molecular flexibility index (Phi) is 1.62. The van der Waals surface area contributed by atoms with E-state index in [1.165, 1.54) is 18.2 Å². The van der Waals surface area contributed by atoms with E-state index < -0.39 is 11.6 Å². The maximum Gasteiger partial charge on any atom is 0.439 e. The molecule has 3 nitrogen and oxygen atoms in total. The van der Waals surface area contributed by atoms with Gasteiger partial charge in [0.25, 0.3) is 0 Å². The minimum atomic E-state index is -0.699. The fourth-order valence-corrected chi connectivity index (χ4v) is 1.19. The van der Waals surface area contributed by atoms with E-state index in [0.717, 1.165) is 0 Å². The van der Waals surface area contributed by atoms with Gasteiger partial charge in [-0.1, -0.05) is 0 Å². The molecule has 2 rings (SSSR count). The summed E-state index contributed by atoms with van der Waals surface area (Å²) in [6, 6.07) is 4.01. The van der Waals surface area contributed by atoms with Crippen molar-refractivity contribution in [1.29, 1.82) is 0 Å². The molecule has 0 bridgehead atoms. The third-order valence-electron chi connectivity index (χ3n) is 1.79. The summed E-state index contributed by atoms with van der Waals surface area (Å²) in [6.07, 6.45) is 0. The molecule has 0 atom stereocenters. The molecule has 0 N–H and O–H groups in total. The number of aromatic nitrogens is 1. The molecule has 0 saturated heterocycles. The van der Waals surface area contributed by atoms with E-state index in [0.29, 0.717) is 11.1 Å². The van der Waals surface area contributed by atoms with Gasteiger partial charge in [0.15, 0.2) is 0 Å². The van der Waals surface area contributed by atoms with Gasteiger partial charge in [0.1, 0.15) is 11.4 Å². The Balaban J connectivity index is 2.94. The summed E-state index contributed by atoms with van der Waals surface area (Å²) in [7, 11) is 0. The summed E-state index contributed by atoms with van der Waals surface area (Å²) in [5.74, 6) is -1.13.